The van der Waals surface area contributed by atoms with Gasteiger partial charge in [0.2, 0.25) is 0 Å². The maximum absolute atomic E-state index is 13.5. The van der Waals surface area contributed by atoms with Gasteiger partial charge >= 0.3 is 0 Å². The second-order valence-corrected chi connectivity index (χ2v) is 4.61. The zero-order chi connectivity index (χ0) is 13.3. The minimum Gasteiger partial charge on any atom is -0.397 e. The summed E-state index contributed by atoms with van der Waals surface area (Å²) in [4.78, 5) is 11.7. The highest BCUT2D eigenvalue weighted by molar-refractivity contribution is 7.21. The number of alkyl halides is 2. The summed E-state index contributed by atoms with van der Waals surface area (Å²) in [5, 5.41) is 2.20. The molecular weight excluding hydrogens is 265 g/mol. The maximum Gasteiger partial charge on any atom is 0.263 e. The van der Waals surface area contributed by atoms with Gasteiger partial charge in [0, 0.05) is 4.70 Å². The lowest BCUT2D eigenvalue weighted by Gasteiger charge is -2.02. The molecule has 1 amide bonds. The van der Waals surface area contributed by atoms with E-state index < -0.39 is 24.7 Å². The highest BCUT2D eigenvalue weighted by atomic mass is 32.1. The summed E-state index contributed by atoms with van der Waals surface area (Å²) < 4.78 is 38.0. The molecule has 7 heteroatoms. The monoisotopic (exact) mass is 274 g/mol. The summed E-state index contributed by atoms with van der Waals surface area (Å²) >= 11 is 0.976. The van der Waals surface area contributed by atoms with Crippen molar-refractivity contribution in [3.63, 3.8) is 0 Å². The van der Waals surface area contributed by atoms with Crippen molar-refractivity contribution in [3.8, 4) is 0 Å². The molecule has 0 bridgehead atoms. The summed E-state index contributed by atoms with van der Waals surface area (Å²) in [6.45, 7) is -0.755. The van der Waals surface area contributed by atoms with Gasteiger partial charge in [-0.2, -0.15) is 0 Å². The molecule has 0 unspecified atom stereocenters. The van der Waals surface area contributed by atoms with Gasteiger partial charge in [-0.15, -0.1) is 11.3 Å². The summed E-state index contributed by atoms with van der Waals surface area (Å²) in [5.41, 5.74) is 5.66. The Balaban J connectivity index is 2.37. The average molecular weight is 274 g/mol. The third kappa shape index (κ3) is 2.26. The standard InChI is InChI=1S/C11H9F3N2OS/c12-5-2-1-3-6-8(5)9(15)10(18-6)11(17)16-4-7(13)14/h1-3,7H,4,15H2,(H,16,17). The first kappa shape index (κ1) is 12.7. The van der Waals surface area contributed by atoms with E-state index in [1.54, 1.807) is 6.07 Å². The number of hydrogen-bond acceptors (Lipinski definition) is 3. The molecule has 0 radical (unpaired) electrons. The number of fused-ring (bicyclic) bond motifs is 1. The van der Waals surface area contributed by atoms with E-state index in [-0.39, 0.29) is 16.0 Å². The minimum absolute atomic E-state index is 0.0140. The van der Waals surface area contributed by atoms with Crippen molar-refractivity contribution in [1.29, 1.82) is 0 Å². The number of thiophene rings is 1. The summed E-state index contributed by atoms with van der Waals surface area (Å²) in [5.74, 6) is -1.25. The zero-order valence-electron chi connectivity index (χ0n) is 9.04. The second kappa shape index (κ2) is 4.85. The number of nitrogens with one attached hydrogen (secondary N) is 1. The third-order valence-corrected chi connectivity index (χ3v) is 3.49. The van der Waals surface area contributed by atoms with Crippen LogP contribution in [0.3, 0.4) is 0 Å². The van der Waals surface area contributed by atoms with Crippen LogP contribution < -0.4 is 11.1 Å². The smallest absolute Gasteiger partial charge is 0.263 e. The number of anilines is 1. The number of halogens is 3. The summed E-state index contributed by atoms with van der Waals surface area (Å²) in [7, 11) is 0. The highest BCUT2D eigenvalue weighted by Gasteiger charge is 2.19. The number of nitrogen functional groups attached to an aromatic ring is 1. The van der Waals surface area contributed by atoms with Crippen LogP contribution in [0.1, 0.15) is 9.67 Å². The molecule has 0 saturated carbocycles. The predicted molar refractivity (Wildman–Crippen MR) is 64.5 cm³/mol. The molecule has 18 heavy (non-hydrogen) atoms. The van der Waals surface area contributed by atoms with Gasteiger partial charge in [0.05, 0.1) is 17.6 Å². The van der Waals surface area contributed by atoms with Crippen LogP contribution in [0.4, 0.5) is 18.9 Å². The first-order valence-electron chi connectivity index (χ1n) is 5.03. The number of benzene rings is 1. The number of carbonyl (C=O) groups is 1. The van der Waals surface area contributed by atoms with Gasteiger partial charge < -0.3 is 11.1 Å². The van der Waals surface area contributed by atoms with Gasteiger partial charge in [0.1, 0.15) is 10.7 Å². The fourth-order valence-electron chi connectivity index (χ4n) is 1.55. The van der Waals surface area contributed by atoms with Crippen molar-refractivity contribution in [2.75, 3.05) is 12.3 Å². The molecule has 2 aromatic rings. The fraction of sp³-hybridized carbons (Fsp3) is 0.182. The van der Waals surface area contributed by atoms with E-state index in [4.69, 9.17) is 5.73 Å². The molecule has 0 aliphatic rings. The van der Waals surface area contributed by atoms with Gasteiger partial charge in [-0.3, -0.25) is 4.79 Å². The average Bonchev–Trinajstić information content (AvgIpc) is 2.65. The van der Waals surface area contributed by atoms with Crippen molar-refractivity contribution in [2.24, 2.45) is 0 Å². The molecule has 96 valence electrons. The molecule has 3 nitrogen and oxygen atoms in total. The quantitative estimate of drug-likeness (QED) is 0.904. The van der Waals surface area contributed by atoms with Crippen molar-refractivity contribution in [3.05, 3.63) is 28.9 Å². The van der Waals surface area contributed by atoms with Crippen LogP contribution in [-0.4, -0.2) is 18.9 Å². The molecule has 0 saturated heterocycles. The number of hydrogen-bond donors (Lipinski definition) is 2. The van der Waals surface area contributed by atoms with E-state index in [1.807, 2.05) is 5.32 Å². The lowest BCUT2D eigenvalue weighted by atomic mass is 10.2. The van der Waals surface area contributed by atoms with Gasteiger partial charge in [0.15, 0.2) is 0 Å². The molecule has 3 N–H and O–H groups in total. The molecule has 2 rings (SSSR count). The van der Waals surface area contributed by atoms with Crippen molar-refractivity contribution < 1.29 is 18.0 Å². The molecule has 0 aliphatic heterocycles. The summed E-state index contributed by atoms with van der Waals surface area (Å²) in [6.07, 6.45) is -2.64. The van der Waals surface area contributed by atoms with Crippen LogP contribution in [0, 0.1) is 5.82 Å². The van der Waals surface area contributed by atoms with Crippen LogP contribution in [0.5, 0.6) is 0 Å². The Morgan fingerprint density at radius 3 is 2.78 bits per heavy atom. The normalized spacial score (nSPS) is 11.1. The van der Waals surface area contributed by atoms with E-state index >= 15 is 0 Å². The van der Waals surface area contributed by atoms with Gasteiger partial charge in [-0.25, -0.2) is 13.2 Å². The second-order valence-electron chi connectivity index (χ2n) is 3.56. The topological polar surface area (TPSA) is 55.1 Å². The Bertz CT molecular complexity index is 597. The van der Waals surface area contributed by atoms with Crippen molar-refractivity contribution in [1.82, 2.24) is 5.32 Å². The number of nitrogens with two attached hydrogens (primary N) is 1. The van der Waals surface area contributed by atoms with Crippen LogP contribution in [0.15, 0.2) is 18.2 Å². The van der Waals surface area contributed by atoms with Crippen LogP contribution in [0.25, 0.3) is 10.1 Å². The SMILES string of the molecule is Nc1c(C(=O)NCC(F)F)sc2cccc(F)c12. The molecule has 1 aromatic carbocycles. The van der Waals surface area contributed by atoms with E-state index in [0.29, 0.717) is 4.70 Å². The number of amides is 1. The Kier molecular flexibility index (Phi) is 3.42. The maximum atomic E-state index is 13.5. The zero-order valence-corrected chi connectivity index (χ0v) is 9.86. The number of rotatable bonds is 3. The van der Waals surface area contributed by atoms with Crippen LogP contribution in [-0.2, 0) is 0 Å². The Labute approximate surface area is 104 Å². The molecule has 0 spiro atoms. The first-order chi connectivity index (χ1) is 8.50. The van der Waals surface area contributed by atoms with Crippen molar-refractivity contribution in [2.45, 2.75) is 6.43 Å². The van der Waals surface area contributed by atoms with E-state index in [9.17, 15) is 18.0 Å². The Hall–Kier alpha value is -1.76. The Morgan fingerprint density at radius 1 is 1.44 bits per heavy atom. The molecule has 0 atom stereocenters. The Morgan fingerprint density at radius 2 is 2.17 bits per heavy atom. The summed E-state index contributed by atoms with van der Waals surface area (Å²) in [6, 6.07) is 4.34. The molecule has 1 heterocycles. The van der Waals surface area contributed by atoms with E-state index in [1.165, 1.54) is 12.1 Å². The van der Waals surface area contributed by atoms with Gasteiger partial charge in [-0.05, 0) is 12.1 Å². The predicted octanol–water partition coefficient (Wildman–Crippen LogP) is 2.62. The number of carbonyl (C=O) groups excluding carboxylic acids is 1. The lowest BCUT2D eigenvalue weighted by Crippen LogP contribution is -2.28. The van der Waals surface area contributed by atoms with Gasteiger partial charge in [0.25, 0.3) is 12.3 Å². The molecule has 1 aromatic heterocycles. The lowest BCUT2D eigenvalue weighted by molar-refractivity contribution is 0.0896. The van der Waals surface area contributed by atoms with Gasteiger partial charge in [-0.1, -0.05) is 6.07 Å². The fourth-order valence-corrected chi connectivity index (χ4v) is 2.60. The van der Waals surface area contributed by atoms with Crippen LogP contribution in [0.2, 0.25) is 0 Å². The minimum atomic E-state index is -2.64. The van der Waals surface area contributed by atoms with Crippen LogP contribution >= 0.6 is 11.3 Å². The molecule has 0 aliphatic carbocycles. The molecular formula is C11H9F3N2OS. The van der Waals surface area contributed by atoms with E-state index in [2.05, 4.69) is 0 Å². The highest BCUT2D eigenvalue weighted by Crippen LogP contribution is 2.35. The molecule has 0 fully saturated rings. The first-order valence-corrected chi connectivity index (χ1v) is 5.85. The van der Waals surface area contributed by atoms with E-state index in [0.717, 1.165) is 11.3 Å². The third-order valence-electron chi connectivity index (χ3n) is 2.32. The largest absolute Gasteiger partial charge is 0.397 e. The van der Waals surface area contributed by atoms with Crippen molar-refractivity contribution >= 4 is 33.0 Å².